The fraction of sp³-hybridized carbons (Fsp3) is 0.615. The molecule has 0 atom stereocenters. The Morgan fingerprint density at radius 2 is 1.28 bits per heavy atom. The van der Waals surface area contributed by atoms with E-state index in [1.807, 2.05) is 0 Å². The second-order valence-electron chi connectivity index (χ2n) is 8.26. The Morgan fingerprint density at radius 1 is 0.655 bits per heavy atom. The summed E-state index contributed by atoms with van der Waals surface area (Å²) in [5.74, 6) is 0. The van der Waals surface area contributed by atoms with Gasteiger partial charge in [0.25, 0.3) is 0 Å². The van der Waals surface area contributed by atoms with Gasteiger partial charge in [0.05, 0.1) is 6.61 Å². The average Bonchev–Trinajstić information content (AvgIpc) is 2.77. The highest BCUT2D eigenvalue weighted by Gasteiger charge is 2.33. The summed E-state index contributed by atoms with van der Waals surface area (Å²) in [5, 5.41) is 2.57. The minimum atomic E-state index is -2.08. The van der Waals surface area contributed by atoms with Gasteiger partial charge in [-0.25, -0.2) is 0 Å². The number of hydrogen-bond acceptors (Lipinski definition) is 2. The molecule has 2 aromatic rings. The number of hydrogen-bond donors (Lipinski definition) is 0. The van der Waals surface area contributed by atoms with Crippen molar-refractivity contribution in [2.45, 2.75) is 97.3 Å². The van der Waals surface area contributed by atoms with Crippen LogP contribution in [-0.2, 0) is 15.5 Å². The summed E-state index contributed by atoms with van der Waals surface area (Å²) in [4.78, 5) is 0. The number of unbranched alkanes of at least 4 members (excludes halogenated alkanes) is 8. The van der Waals surface area contributed by atoms with Crippen molar-refractivity contribution in [2.24, 2.45) is 0 Å². The summed E-state index contributed by atoms with van der Waals surface area (Å²) in [6, 6.07) is 17.2. The number of fused-ring (bicyclic) bond motifs is 1. The standard InChI is InChI=1S/C26H42O2Si/c1-4-7-8-9-10-11-12-13-16-21-27-29(5-2,6-3)28-23-24-19-20-25-17-14-15-18-26(25)22-24/h14-15,17-20,22H,4-13,16,21,23H2,1-3H3. The van der Waals surface area contributed by atoms with E-state index in [2.05, 4.69) is 63.2 Å². The van der Waals surface area contributed by atoms with Crippen molar-refractivity contribution in [3.05, 3.63) is 48.0 Å². The largest absolute Gasteiger partial charge is 0.394 e. The molecular weight excluding hydrogens is 372 g/mol. The van der Waals surface area contributed by atoms with E-state index in [1.165, 1.54) is 74.1 Å². The Kier molecular flexibility index (Phi) is 11.6. The van der Waals surface area contributed by atoms with Gasteiger partial charge in [-0.3, -0.25) is 0 Å². The van der Waals surface area contributed by atoms with Crippen molar-refractivity contribution >= 4 is 19.3 Å². The highest BCUT2D eigenvalue weighted by molar-refractivity contribution is 6.67. The predicted molar refractivity (Wildman–Crippen MR) is 129 cm³/mol. The van der Waals surface area contributed by atoms with Crippen LogP contribution in [0.15, 0.2) is 42.5 Å². The summed E-state index contributed by atoms with van der Waals surface area (Å²) >= 11 is 0. The number of benzene rings is 2. The topological polar surface area (TPSA) is 18.5 Å². The lowest BCUT2D eigenvalue weighted by Crippen LogP contribution is -2.40. The third kappa shape index (κ3) is 8.61. The van der Waals surface area contributed by atoms with Gasteiger partial charge in [0, 0.05) is 6.61 Å². The lowest BCUT2D eigenvalue weighted by atomic mass is 10.1. The molecule has 0 aliphatic heterocycles. The average molecular weight is 415 g/mol. The molecule has 29 heavy (non-hydrogen) atoms. The second-order valence-corrected chi connectivity index (χ2v) is 12.1. The second kappa shape index (κ2) is 13.9. The molecule has 0 unspecified atom stereocenters. The molecule has 0 spiro atoms. The van der Waals surface area contributed by atoms with Crippen LogP contribution in [-0.4, -0.2) is 15.2 Å². The molecule has 0 bridgehead atoms. The van der Waals surface area contributed by atoms with E-state index in [1.54, 1.807) is 0 Å². The van der Waals surface area contributed by atoms with Crippen LogP contribution in [0, 0.1) is 0 Å². The quantitative estimate of drug-likeness (QED) is 0.203. The molecule has 0 aromatic heterocycles. The molecule has 0 aliphatic carbocycles. The lowest BCUT2D eigenvalue weighted by Gasteiger charge is -2.29. The first-order valence-electron chi connectivity index (χ1n) is 12.0. The van der Waals surface area contributed by atoms with Crippen molar-refractivity contribution < 1.29 is 8.85 Å². The Balaban J connectivity index is 1.69. The Labute approximate surface area is 180 Å². The monoisotopic (exact) mass is 414 g/mol. The van der Waals surface area contributed by atoms with Crippen LogP contribution in [0.2, 0.25) is 12.1 Å². The van der Waals surface area contributed by atoms with E-state index in [4.69, 9.17) is 8.85 Å². The summed E-state index contributed by atoms with van der Waals surface area (Å²) in [7, 11) is -2.08. The van der Waals surface area contributed by atoms with E-state index >= 15 is 0 Å². The molecule has 0 saturated heterocycles. The van der Waals surface area contributed by atoms with Crippen LogP contribution in [0.3, 0.4) is 0 Å². The first-order chi connectivity index (χ1) is 14.2. The predicted octanol–water partition coefficient (Wildman–Crippen LogP) is 8.39. The minimum absolute atomic E-state index is 0.663. The summed E-state index contributed by atoms with van der Waals surface area (Å²) in [6.07, 6.45) is 12.1. The van der Waals surface area contributed by atoms with Gasteiger partial charge >= 0.3 is 8.56 Å². The smallest absolute Gasteiger partial charge is 0.337 e. The van der Waals surface area contributed by atoms with Crippen LogP contribution in [0.5, 0.6) is 0 Å². The molecular formula is C26H42O2Si. The third-order valence-corrected chi connectivity index (χ3v) is 9.56. The first-order valence-corrected chi connectivity index (χ1v) is 14.2. The molecule has 2 rings (SSSR count). The van der Waals surface area contributed by atoms with E-state index in [9.17, 15) is 0 Å². The molecule has 0 saturated carbocycles. The molecule has 162 valence electrons. The molecule has 0 heterocycles. The maximum absolute atomic E-state index is 6.46. The van der Waals surface area contributed by atoms with Gasteiger partial charge in [0.2, 0.25) is 0 Å². The summed E-state index contributed by atoms with van der Waals surface area (Å²) in [5.41, 5.74) is 1.24. The van der Waals surface area contributed by atoms with Gasteiger partial charge in [-0.2, -0.15) is 0 Å². The van der Waals surface area contributed by atoms with E-state index in [-0.39, 0.29) is 0 Å². The minimum Gasteiger partial charge on any atom is -0.394 e. The normalized spacial score (nSPS) is 12.0. The van der Waals surface area contributed by atoms with Crippen LogP contribution in [0.4, 0.5) is 0 Å². The zero-order chi connectivity index (χ0) is 20.8. The molecule has 0 amide bonds. The zero-order valence-corrected chi connectivity index (χ0v) is 20.1. The van der Waals surface area contributed by atoms with Gasteiger partial charge in [-0.05, 0) is 40.9 Å². The van der Waals surface area contributed by atoms with Gasteiger partial charge < -0.3 is 8.85 Å². The van der Waals surface area contributed by atoms with Crippen molar-refractivity contribution in [1.82, 2.24) is 0 Å². The van der Waals surface area contributed by atoms with Gasteiger partial charge in [-0.1, -0.05) is 109 Å². The maximum atomic E-state index is 6.46. The third-order valence-electron chi connectivity index (χ3n) is 6.01. The van der Waals surface area contributed by atoms with Crippen molar-refractivity contribution in [3.63, 3.8) is 0 Å². The Morgan fingerprint density at radius 3 is 1.93 bits per heavy atom. The number of rotatable bonds is 16. The van der Waals surface area contributed by atoms with Gasteiger partial charge in [-0.15, -0.1) is 0 Å². The van der Waals surface area contributed by atoms with Gasteiger partial charge in [0.1, 0.15) is 0 Å². The fourth-order valence-corrected chi connectivity index (χ4v) is 6.26. The molecule has 3 heteroatoms. The van der Waals surface area contributed by atoms with Crippen LogP contribution in [0.1, 0.15) is 84.1 Å². The molecule has 0 fully saturated rings. The molecule has 0 N–H and O–H groups in total. The summed E-state index contributed by atoms with van der Waals surface area (Å²) in [6.45, 7) is 8.26. The van der Waals surface area contributed by atoms with E-state index in [0.29, 0.717) is 6.61 Å². The van der Waals surface area contributed by atoms with Crippen LogP contribution in [0.25, 0.3) is 10.8 Å². The van der Waals surface area contributed by atoms with Crippen LogP contribution < -0.4 is 0 Å². The summed E-state index contributed by atoms with van der Waals surface area (Å²) < 4.78 is 12.9. The lowest BCUT2D eigenvalue weighted by molar-refractivity contribution is 0.158. The zero-order valence-electron chi connectivity index (χ0n) is 19.1. The SMILES string of the molecule is CCCCCCCCCCCO[Si](CC)(CC)OCc1ccc2ccccc2c1. The molecule has 0 radical (unpaired) electrons. The highest BCUT2D eigenvalue weighted by atomic mass is 28.4. The highest BCUT2D eigenvalue weighted by Crippen LogP contribution is 2.23. The van der Waals surface area contributed by atoms with E-state index < -0.39 is 8.56 Å². The Bertz CT molecular complexity index is 681. The fourth-order valence-electron chi connectivity index (χ4n) is 3.91. The van der Waals surface area contributed by atoms with Crippen LogP contribution >= 0.6 is 0 Å². The van der Waals surface area contributed by atoms with Gasteiger partial charge in [0.15, 0.2) is 0 Å². The van der Waals surface area contributed by atoms with Crippen molar-refractivity contribution in [2.75, 3.05) is 6.61 Å². The molecule has 2 nitrogen and oxygen atoms in total. The molecule has 2 aromatic carbocycles. The van der Waals surface area contributed by atoms with Crippen molar-refractivity contribution in [3.8, 4) is 0 Å². The molecule has 0 aliphatic rings. The maximum Gasteiger partial charge on any atom is 0.337 e. The van der Waals surface area contributed by atoms with E-state index in [0.717, 1.165) is 18.7 Å². The Hall–Kier alpha value is -1.16. The van der Waals surface area contributed by atoms with Crippen molar-refractivity contribution in [1.29, 1.82) is 0 Å². The first kappa shape index (κ1) is 24.1.